The van der Waals surface area contributed by atoms with Crippen LogP contribution in [0, 0.1) is 18.2 Å². The summed E-state index contributed by atoms with van der Waals surface area (Å²) in [5.41, 5.74) is 4.52. The largest absolute Gasteiger partial charge is 0.474 e. The summed E-state index contributed by atoms with van der Waals surface area (Å²) < 4.78 is 71.0. The Bertz CT molecular complexity index is 1510. The van der Waals surface area contributed by atoms with Gasteiger partial charge in [0, 0.05) is 55.0 Å². The highest BCUT2D eigenvalue weighted by Crippen LogP contribution is 2.47. The lowest BCUT2D eigenvalue weighted by Gasteiger charge is -2.23. The predicted molar refractivity (Wildman–Crippen MR) is 154 cm³/mol. The SMILES string of the molecule is Cc1nc(N)cc(-c2nc3c4c(nc(OCC5(CN6CC[C@@H](F)C6)CC5)nc4c2F)NCCNCC[C@H](C)O3)c1C(F)F. The standard InChI is InChI=1S/C29H36F4N8O2/c1-15-3-7-35-8-9-36-26-21-24(39-28(40-26)42-14-29(5-6-29)13-41-10-4-17(30)12-41)22(31)23(38-27(21)43-15)18-11-19(34)37-16(2)20(18)25(32)33/h11,15,17,25,35H,3-10,12-14H2,1-2H3,(H2,34,37)(H,36,39,40)/t15-,17+/m0/s1. The molecule has 3 aromatic heterocycles. The first-order valence-electron chi connectivity index (χ1n) is 14.7. The predicted octanol–water partition coefficient (Wildman–Crippen LogP) is 4.43. The Balaban J connectivity index is 1.45. The molecule has 232 valence electrons. The van der Waals surface area contributed by atoms with Gasteiger partial charge in [-0.2, -0.15) is 9.97 Å². The van der Waals surface area contributed by atoms with Gasteiger partial charge in [0.15, 0.2) is 5.82 Å². The second kappa shape index (κ2) is 11.9. The highest BCUT2D eigenvalue weighted by molar-refractivity contribution is 5.96. The van der Waals surface area contributed by atoms with Crippen LogP contribution >= 0.6 is 0 Å². The van der Waals surface area contributed by atoms with Gasteiger partial charge in [0.2, 0.25) is 5.88 Å². The third-order valence-electron chi connectivity index (χ3n) is 8.35. The number of likely N-dealkylation sites (tertiary alicyclic amines) is 1. The van der Waals surface area contributed by atoms with Gasteiger partial charge in [-0.15, -0.1) is 0 Å². The Morgan fingerprint density at radius 1 is 1.16 bits per heavy atom. The first kappa shape index (κ1) is 29.5. The minimum atomic E-state index is -2.96. The molecule has 0 radical (unpaired) electrons. The van der Waals surface area contributed by atoms with Gasteiger partial charge in [-0.1, -0.05) is 0 Å². The Kier molecular flexibility index (Phi) is 8.16. The first-order valence-corrected chi connectivity index (χ1v) is 14.7. The van der Waals surface area contributed by atoms with Gasteiger partial charge in [0.05, 0.1) is 12.7 Å². The van der Waals surface area contributed by atoms with E-state index in [-0.39, 0.29) is 69.5 Å². The van der Waals surface area contributed by atoms with E-state index in [1.165, 1.54) is 13.0 Å². The first-order chi connectivity index (χ1) is 20.6. The van der Waals surface area contributed by atoms with Crippen molar-refractivity contribution in [3.05, 3.63) is 23.1 Å². The van der Waals surface area contributed by atoms with Crippen LogP contribution < -0.4 is 25.8 Å². The average molecular weight is 605 g/mol. The number of anilines is 2. The number of nitrogens with two attached hydrogens (primary N) is 1. The molecule has 5 heterocycles. The number of aromatic nitrogens is 4. The zero-order valence-electron chi connectivity index (χ0n) is 24.2. The smallest absolute Gasteiger partial charge is 0.319 e. The maximum atomic E-state index is 16.5. The zero-order chi connectivity index (χ0) is 30.3. The monoisotopic (exact) mass is 604 g/mol. The number of halogens is 4. The average Bonchev–Trinajstić information content (AvgIpc) is 3.60. The number of nitrogens with zero attached hydrogens (tertiary/aromatic N) is 5. The number of nitrogens with one attached hydrogen (secondary N) is 2. The maximum Gasteiger partial charge on any atom is 0.319 e. The van der Waals surface area contributed by atoms with Crippen LogP contribution in [0.3, 0.4) is 0 Å². The molecule has 14 heteroatoms. The molecule has 0 unspecified atom stereocenters. The number of hydrogen-bond donors (Lipinski definition) is 3. The maximum absolute atomic E-state index is 16.5. The third kappa shape index (κ3) is 6.26. The number of ether oxygens (including phenoxy) is 2. The second-order valence-corrected chi connectivity index (χ2v) is 11.9. The van der Waals surface area contributed by atoms with Gasteiger partial charge >= 0.3 is 6.01 Å². The van der Waals surface area contributed by atoms with Crippen molar-refractivity contribution in [3.63, 3.8) is 0 Å². The molecular formula is C29H36F4N8O2. The minimum Gasteiger partial charge on any atom is -0.474 e. The molecule has 0 bridgehead atoms. The molecule has 4 N–H and O–H groups in total. The highest BCUT2D eigenvalue weighted by Gasteiger charge is 2.46. The van der Waals surface area contributed by atoms with Gasteiger partial charge in [0.25, 0.3) is 6.43 Å². The van der Waals surface area contributed by atoms with E-state index < -0.39 is 24.0 Å². The summed E-state index contributed by atoms with van der Waals surface area (Å²) in [6.45, 7) is 7.08. The molecule has 3 aliphatic rings. The number of nitrogen functional groups attached to an aromatic ring is 1. The Hall–Kier alpha value is -3.52. The number of hydrogen-bond acceptors (Lipinski definition) is 10. The summed E-state index contributed by atoms with van der Waals surface area (Å²) in [6.07, 6.45) is -1.11. The minimum absolute atomic E-state index is 0.0107. The number of alkyl halides is 3. The highest BCUT2D eigenvalue weighted by atomic mass is 19.3. The molecule has 2 aliphatic heterocycles. The van der Waals surface area contributed by atoms with Crippen LogP contribution in [0.2, 0.25) is 0 Å². The van der Waals surface area contributed by atoms with Crippen molar-refractivity contribution in [1.82, 2.24) is 30.2 Å². The summed E-state index contributed by atoms with van der Waals surface area (Å²) in [5, 5.41) is 6.71. The molecule has 6 rings (SSSR count). The lowest BCUT2D eigenvalue weighted by atomic mass is 10.0. The fraction of sp³-hybridized carbons (Fsp3) is 0.586. The molecule has 1 saturated carbocycles. The molecule has 1 saturated heterocycles. The topological polar surface area (TPSA) is 123 Å². The quantitative estimate of drug-likeness (QED) is 0.334. The van der Waals surface area contributed by atoms with Gasteiger partial charge in [-0.25, -0.2) is 27.5 Å². The van der Waals surface area contributed by atoms with E-state index in [4.69, 9.17) is 15.2 Å². The number of pyridine rings is 2. The van der Waals surface area contributed by atoms with Crippen molar-refractivity contribution < 1.29 is 27.0 Å². The number of aryl methyl sites for hydroxylation is 1. The van der Waals surface area contributed by atoms with Crippen LogP contribution in [0.1, 0.15) is 50.3 Å². The molecule has 10 nitrogen and oxygen atoms in total. The normalized spacial score (nSPS) is 22.2. The number of rotatable bonds is 7. The van der Waals surface area contributed by atoms with Crippen molar-refractivity contribution in [2.75, 3.05) is 56.9 Å². The Morgan fingerprint density at radius 2 is 1.98 bits per heavy atom. The molecular weight excluding hydrogens is 568 g/mol. The van der Waals surface area contributed by atoms with Crippen molar-refractivity contribution in [3.8, 4) is 23.1 Å². The van der Waals surface area contributed by atoms with E-state index in [1.54, 1.807) is 0 Å². The lowest BCUT2D eigenvalue weighted by molar-refractivity contribution is 0.150. The second-order valence-electron chi connectivity index (χ2n) is 11.9. The molecule has 1 aliphatic carbocycles. The van der Waals surface area contributed by atoms with E-state index >= 15 is 4.39 Å². The summed E-state index contributed by atoms with van der Waals surface area (Å²) in [5.74, 6) is -0.714. The van der Waals surface area contributed by atoms with Crippen LogP contribution in [0.15, 0.2) is 6.07 Å². The zero-order valence-corrected chi connectivity index (χ0v) is 24.2. The third-order valence-corrected chi connectivity index (χ3v) is 8.35. The van der Waals surface area contributed by atoms with Crippen LogP contribution in [-0.4, -0.2) is 83.0 Å². The van der Waals surface area contributed by atoms with Gasteiger partial charge in [0.1, 0.15) is 34.4 Å². The summed E-state index contributed by atoms with van der Waals surface area (Å²) in [7, 11) is 0. The lowest BCUT2D eigenvalue weighted by Crippen LogP contribution is -2.32. The summed E-state index contributed by atoms with van der Waals surface area (Å²) in [6, 6.07) is 1.12. The van der Waals surface area contributed by atoms with Gasteiger partial charge < -0.3 is 25.8 Å². The fourth-order valence-electron chi connectivity index (χ4n) is 5.85. The van der Waals surface area contributed by atoms with Gasteiger partial charge in [-0.05, 0) is 52.1 Å². The molecule has 3 aromatic rings. The molecule has 0 aromatic carbocycles. The van der Waals surface area contributed by atoms with E-state index in [0.717, 1.165) is 12.8 Å². The van der Waals surface area contributed by atoms with Gasteiger partial charge in [-0.3, -0.25) is 4.90 Å². The molecule has 2 fully saturated rings. The van der Waals surface area contributed by atoms with Crippen molar-refractivity contribution in [2.45, 2.75) is 58.2 Å². The van der Waals surface area contributed by atoms with E-state index in [0.29, 0.717) is 52.1 Å². The Morgan fingerprint density at radius 3 is 2.70 bits per heavy atom. The van der Waals surface area contributed by atoms with Crippen molar-refractivity contribution >= 4 is 22.5 Å². The van der Waals surface area contributed by atoms with E-state index in [9.17, 15) is 13.2 Å². The molecule has 0 amide bonds. The van der Waals surface area contributed by atoms with E-state index in [2.05, 4.69) is 35.5 Å². The van der Waals surface area contributed by atoms with Crippen molar-refractivity contribution in [2.24, 2.45) is 5.41 Å². The Labute approximate surface area is 246 Å². The molecule has 2 atom stereocenters. The summed E-state index contributed by atoms with van der Waals surface area (Å²) in [4.78, 5) is 19.5. The van der Waals surface area contributed by atoms with Crippen LogP contribution in [0.5, 0.6) is 11.9 Å². The fourth-order valence-corrected chi connectivity index (χ4v) is 5.85. The van der Waals surface area contributed by atoms with Crippen LogP contribution in [-0.2, 0) is 0 Å². The van der Waals surface area contributed by atoms with E-state index in [1.807, 2.05) is 6.92 Å². The van der Waals surface area contributed by atoms with Crippen molar-refractivity contribution in [1.29, 1.82) is 0 Å². The molecule has 0 spiro atoms. The van der Waals surface area contributed by atoms with Crippen LogP contribution in [0.4, 0.5) is 29.2 Å². The molecule has 43 heavy (non-hydrogen) atoms. The summed E-state index contributed by atoms with van der Waals surface area (Å²) >= 11 is 0. The van der Waals surface area contributed by atoms with Crippen LogP contribution in [0.25, 0.3) is 22.2 Å².